The van der Waals surface area contributed by atoms with Gasteiger partial charge in [-0.15, -0.1) is 0 Å². The molecule has 1 aliphatic rings. The van der Waals surface area contributed by atoms with Crippen LogP contribution in [0.1, 0.15) is 5.89 Å². The predicted octanol–water partition coefficient (Wildman–Crippen LogP) is 2.21. The summed E-state index contributed by atoms with van der Waals surface area (Å²) in [5.41, 5.74) is 1.03. The molecular weight excluding hydrogens is 346 g/mol. The monoisotopic (exact) mass is 365 g/mol. The van der Waals surface area contributed by atoms with Gasteiger partial charge >= 0.3 is 0 Å². The van der Waals surface area contributed by atoms with Gasteiger partial charge in [0.25, 0.3) is 0 Å². The number of aliphatic hydroxyl groups excluding tert-OH is 1. The van der Waals surface area contributed by atoms with Crippen molar-refractivity contribution >= 4 is 15.9 Å². The lowest BCUT2D eigenvalue weighted by Gasteiger charge is -2.33. The molecule has 0 radical (unpaired) electrons. The minimum absolute atomic E-state index is 0.232. The van der Waals surface area contributed by atoms with E-state index in [1.807, 2.05) is 24.3 Å². The van der Waals surface area contributed by atoms with E-state index in [1.165, 1.54) is 0 Å². The first-order valence-corrected chi connectivity index (χ1v) is 8.30. The van der Waals surface area contributed by atoms with Gasteiger partial charge in [0.2, 0.25) is 5.89 Å². The van der Waals surface area contributed by atoms with E-state index in [9.17, 15) is 0 Å². The summed E-state index contributed by atoms with van der Waals surface area (Å²) in [6.45, 7) is 5.67. The maximum atomic E-state index is 8.97. The first kappa shape index (κ1) is 15.7. The van der Waals surface area contributed by atoms with Gasteiger partial charge < -0.3 is 9.52 Å². The van der Waals surface area contributed by atoms with Crippen molar-refractivity contribution in [3.8, 4) is 11.3 Å². The lowest BCUT2D eigenvalue weighted by Crippen LogP contribution is -2.46. The molecule has 1 aliphatic heterocycles. The molecule has 22 heavy (non-hydrogen) atoms. The highest BCUT2D eigenvalue weighted by molar-refractivity contribution is 9.10. The van der Waals surface area contributed by atoms with E-state index >= 15 is 0 Å². The number of β-amino-alcohol motifs (C(OH)–C–C–N with tert-alkyl or cyclic N) is 1. The summed E-state index contributed by atoms with van der Waals surface area (Å²) in [4.78, 5) is 9.01. The number of hydrogen-bond acceptors (Lipinski definition) is 5. The largest absolute Gasteiger partial charge is 0.439 e. The van der Waals surface area contributed by atoms with Crippen LogP contribution in [0, 0.1) is 0 Å². The van der Waals surface area contributed by atoms with Crippen LogP contribution < -0.4 is 0 Å². The van der Waals surface area contributed by atoms with Gasteiger partial charge in [0, 0.05) is 42.8 Å². The zero-order valence-corrected chi connectivity index (χ0v) is 14.0. The van der Waals surface area contributed by atoms with E-state index in [0.29, 0.717) is 0 Å². The Bertz CT molecular complexity index is 609. The summed E-state index contributed by atoms with van der Waals surface area (Å²) < 4.78 is 6.91. The third-order valence-electron chi connectivity index (χ3n) is 3.90. The average molecular weight is 366 g/mol. The molecule has 1 aromatic heterocycles. The molecule has 0 aliphatic carbocycles. The molecule has 0 spiro atoms. The Labute approximate surface area is 138 Å². The number of hydrogen-bond donors (Lipinski definition) is 1. The Hall–Kier alpha value is -1.21. The van der Waals surface area contributed by atoms with Gasteiger partial charge in [-0.1, -0.05) is 28.1 Å². The molecule has 0 amide bonds. The standard InChI is InChI=1S/C16H20BrN3O2/c17-14-3-1-2-13(10-14)15-11-18-16(22-15)12-20-6-4-19(5-7-20)8-9-21/h1-3,10-11,21H,4-9,12H2. The first-order chi connectivity index (χ1) is 10.7. The zero-order valence-electron chi connectivity index (χ0n) is 12.4. The number of aromatic nitrogens is 1. The maximum Gasteiger partial charge on any atom is 0.209 e. The highest BCUT2D eigenvalue weighted by Gasteiger charge is 2.18. The molecule has 118 valence electrons. The zero-order chi connectivity index (χ0) is 15.4. The SMILES string of the molecule is OCCN1CCN(Cc2ncc(-c3cccc(Br)c3)o2)CC1. The van der Waals surface area contributed by atoms with E-state index < -0.39 is 0 Å². The Morgan fingerprint density at radius 2 is 1.95 bits per heavy atom. The number of nitrogens with zero attached hydrogens (tertiary/aromatic N) is 3. The van der Waals surface area contributed by atoms with Crippen molar-refractivity contribution in [3.05, 3.63) is 40.8 Å². The van der Waals surface area contributed by atoms with Crippen LogP contribution in [0.5, 0.6) is 0 Å². The summed E-state index contributed by atoms with van der Waals surface area (Å²) in [6.07, 6.45) is 1.79. The van der Waals surface area contributed by atoms with Crippen molar-refractivity contribution in [1.82, 2.24) is 14.8 Å². The van der Waals surface area contributed by atoms with E-state index in [4.69, 9.17) is 9.52 Å². The Kier molecular flexibility index (Phi) is 5.25. The normalized spacial score (nSPS) is 17.0. The number of oxazole rings is 1. The molecule has 5 nitrogen and oxygen atoms in total. The Balaban J connectivity index is 1.58. The second-order valence-corrected chi connectivity index (χ2v) is 6.39. The quantitative estimate of drug-likeness (QED) is 0.880. The second kappa shape index (κ2) is 7.37. The fourth-order valence-electron chi connectivity index (χ4n) is 2.66. The summed E-state index contributed by atoms with van der Waals surface area (Å²) in [6, 6.07) is 8.02. The first-order valence-electron chi connectivity index (χ1n) is 7.51. The van der Waals surface area contributed by atoms with Gasteiger partial charge in [-0.2, -0.15) is 0 Å². The number of benzene rings is 1. The number of piperazine rings is 1. The third-order valence-corrected chi connectivity index (χ3v) is 4.40. The highest BCUT2D eigenvalue weighted by Crippen LogP contribution is 2.24. The lowest BCUT2D eigenvalue weighted by atomic mass is 10.2. The number of halogens is 1. The molecule has 1 N–H and O–H groups in total. The summed E-state index contributed by atoms with van der Waals surface area (Å²) in [5.74, 6) is 1.56. The van der Waals surface area contributed by atoms with E-state index in [-0.39, 0.29) is 6.61 Å². The smallest absolute Gasteiger partial charge is 0.209 e. The lowest BCUT2D eigenvalue weighted by molar-refractivity contribution is 0.103. The van der Waals surface area contributed by atoms with Crippen LogP contribution >= 0.6 is 15.9 Å². The van der Waals surface area contributed by atoms with Gasteiger partial charge in [0.05, 0.1) is 19.3 Å². The number of rotatable bonds is 5. The second-order valence-electron chi connectivity index (χ2n) is 5.47. The Morgan fingerprint density at radius 1 is 1.18 bits per heavy atom. The molecule has 1 saturated heterocycles. The average Bonchev–Trinajstić information content (AvgIpc) is 2.98. The van der Waals surface area contributed by atoms with Crippen LogP contribution in [0.2, 0.25) is 0 Å². The number of aliphatic hydroxyl groups is 1. The van der Waals surface area contributed by atoms with Crippen LogP contribution in [-0.2, 0) is 6.54 Å². The van der Waals surface area contributed by atoms with Crippen molar-refractivity contribution in [1.29, 1.82) is 0 Å². The van der Waals surface area contributed by atoms with Crippen LogP contribution in [0.4, 0.5) is 0 Å². The minimum Gasteiger partial charge on any atom is -0.439 e. The van der Waals surface area contributed by atoms with Crippen molar-refractivity contribution in [2.75, 3.05) is 39.3 Å². The molecular formula is C16H20BrN3O2. The molecule has 1 aromatic carbocycles. The van der Waals surface area contributed by atoms with Gasteiger partial charge in [0.15, 0.2) is 5.76 Å². The van der Waals surface area contributed by atoms with Gasteiger partial charge in [-0.25, -0.2) is 4.98 Å². The molecule has 6 heteroatoms. The molecule has 1 fully saturated rings. The fourth-order valence-corrected chi connectivity index (χ4v) is 3.06. The van der Waals surface area contributed by atoms with Crippen molar-refractivity contribution in [2.45, 2.75) is 6.54 Å². The van der Waals surface area contributed by atoms with Crippen LogP contribution in [-0.4, -0.2) is 59.2 Å². The minimum atomic E-state index is 0.232. The van der Waals surface area contributed by atoms with Crippen molar-refractivity contribution in [2.24, 2.45) is 0 Å². The Morgan fingerprint density at radius 3 is 2.68 bits per heavy atom. The summed E-state index contributed by atoms with van der Waals surface area (Å²) >= 11 is 3.47. The summed E-state index contributed by atoms with van der Waals surface area (Å²) in [7, 11) is 0. The van der Waals surface area contributed by atoms with Gasteiger partial charge in [-0.05, 0) is 12.1 Å². The van der Waals surface area contributed by atoms with Crippen LogP contribution in [0.15, 0.2) is 39.4 Å². The third kappa shape index (κ3) is 3.95. The fraction of sp³-hybridized carbons (Fsp3) is 0.438. The van der Waals surface area contributed by atoms with E-state index in [0.717, 1.165) is 61.0 Å². The molecule has 0 unspecified atom stereocenters. The molecule has 0 bridgehead atoms. The van der Waals surface area contributed by atoms with Gasteiger partial charge in [0.1, 0.15) is 0 Å². The highest BCUT2D eigenvalue weighted by atomic mass is 79.9. The van der Waals surface area contributed by atoms with Crippen LogP contribution in [0.25, 0.3) is 11.3 Å². The molecule has 3 rings (SSSR count). The van der Waals surface area contributed by atoms with Gasteiger partial charge in [-0.3, -0.25) is 9.80 Å². The van der Waals surface area contributed by atoms with Crippen molar-refractivity contribution in [3.63, 3.8) is 0 Å². The summed E-state index contributed by atoms with van der Waals surface area (Å²) in [5, 5.41) is 8.97. The molecule has 0 atom stereocenters. The van der Waals surface area contributed by atoms with Crippen molar-refractivity contribution < 1.29 is 9.52 Å². The topological polar surface area (TPSA) is 52.7 Å². The molecule has 2 aromatic rings. The van der Waals surface area contributed by atoms with E-state index in [1.54, 1.807) is 6.20 Å². The maximum absolute atomic E-state index is 8.97. The predicted molar refractivity (Wildman–Crippen MR) is 88.4 cm³/mol. The van der Waals surface area contributed by atoms with E-state index in [2.05, 4.69) is 30.7 Å². The molecule has 0 saturated carbocycles. The van der Waals surface area contributed by atoms with Crippen LogP contribution in [0.3, 0.4) is 0 Å². The molecule has 2 heterocycles.